The highest BCUT2D eigenvalue weighted by atomic mass is 16.5. The van der Waals surface area contributed by atoms with E-state index in [9.17, 15) is 0 Å². The zero-order valence-corrected chi connectivity index (χ0v) is 9.36. The molecule has 0 radical (unpaired) electrons. The van der Waals surface area contributed by atoms with E-state index in [1.165, 1.54) is 18.4 Å². The first kappa shape index (κ1) is 10.7. The van der Waals surface area contributed by atoms with Gasteiger partial charge in [0.05, 0.1) is 6.61 Å². The summed E-state index contributed by atoms with van der Waals surface area (Å²) in [7, 11) is 0. The molecule has 3 heteroatoms. The molecule has 1 unspecified atom stereocenters. The maximum absolute atomic E-state index is 6.12. The van der Waals surface area contributed by atoms with Crippen LogP contribution in [0.3, 0.4) is 0 Å². The molecular weight excluding hydrogens is 188 g/mol. The largest absolute Gasteiger partial charge is 0.380 e. The van der Waals surface area contributed by atoms with Gasteiger partial charge in [-0.25, -0.2) is 0 Å². The number of ether oxygens (including phenoxy) is 1. The minimum atomic E-state index is 0.248. The van der Waals surface area contributed by atoms with Gasteiger partial charge in [-0.2, -0.15) is 0 Å². The van der Waals surface area contributed by atoms with E-state index in [1.807, 2.05) is 6.92 Å². The van der Waals surface area contributed by atoms with E-state index in [1.54, 1.807) is 0 Å². The molecule has 0 saturated heterocycles. The van der Waals surface area contributed by atoms with Crippen molar-refractivity contribution in [1.82, 2.24) is 4.57 Å². The molecule has 1 aromatic rings. The summed E-state index contributed by atoms with van der Waals surface area (Å²) in [6, 6.07) is 2.38. The van der Waals surface area contributed by atoms with Gasteiger partial charge in [-0.05, 0) is 37.3 Å². The summed E-state index contributed by atoms with van der Waals surface area (Å²) in [5.41, 5.74) is 7.40. The second-order valence-electron chi connectivity index (χ2n) is 4.24. The Balaban J connectivity index is 1.85. The second kappa shape index (κ2) is 4.81. The molecule has 0 aromatic carbocycles. The van der Waals surface area contributed by atoms with Gasteiger partial charge in [-0.1, -0.05) is 0 Å². The second-order valence-corrected chi connectivity index (χ2v) is 4.24. The quantitative estimate of drug-likeness (QED) is 0.726. The van der Waals surface area contributed by atoms with Crippen LogP contribution in [0.5, 0.6) is 0 Å². The van der Waals surface area contributed by atoms with Crippen LogP contribution >= 0.6 is 0 Å². The van der Waals surface area contributed by atoms with Crippen molar-refractivity contribution >= 4 is 0 Å². The minimum Gasteiger partial charge on any atom is -0.380 e. The fourth-order valence-corrected chi connectivity index (χ4v) is 1.84. The normalized spacial score (nSPS) is 18.0. The van der Waals surface area contributed by atoms with Crippen LogP contribution in [0, 0.1) is 5.92 Å². The molecule has 0 amide bonds. The molecule has 3 nitrogen and oxygen atoms in total. The van der Waals surface area contributed by atoms with Crippen LogP contribution in [-0.4, -0.2) is 17.8 Å². The molecule has 1 aromatic heterocycles. The van der Waals surface area contributed by atoms with Gasteiger partial charge in [-0.15, -0.1) is 0 Å². The molecule has 84 valence electrons. The first-order chi connectivity index (χ1) is 7.31. The summed E-state index contributed by atoms with van der Waals surface area (Å²) >= 11 is 0. The van der Waals surface area contributed by atoms with E-state index in [-0.39, 0.29) is 6.04 Å². The van der Waals surface area contributed by atoms with Gasteiger partial charge in [0.25, 0.3) is 0 Å². The lowest BCUT2D eigenvalue weighted by molar-refractivity contribution is 0.139. The Morgan fingerprint density at radius 3 is 3.07 bits per heavy atom. The fourth-order valence-electron chi connectivity index (χ4n) is 1.84. The number of rotatable bonds is 6. The number of hydrogen-bond donors (Lipinski definition) is 1. The maximum Gasteiger partial charge on any atom is 0.0645 e. The number of nitrogens with zero attached hydrogens (tertiary/aromatic N) is 1. The predicted molar refractivity (Wildman–Crippen MR) is 60.6 cm³/mol. The molecule has 15 heavy (non-hydrogen) atoms. The Kier molecular flexibility index (Phi) is 3.44. The summed E-state index contributed by atoms with van der Waals surface area (Å²) in [4.78, 5) is 0. The van der Waals surface area contributed by atoms with Crippen molar-refractivity contribution in [3.8, 4) is 0 Å². The van der Waals surface area contributed by atoms with Crippen LogP contribution in [0.2, 0.25) is 0 Å². The summed E-state index contributed by atoms with van der Waals surface area (Å²) < 4.78 is 7.47. The maximum atomic E-state index is 6.12. The third-order valence-corrected chi connectivity index (χ3v) is 2.99. The molecule has 2 rings (SSSR count). The molecular formula is C12H20N2O. The molecule has 1 saturated carbocycles. The van der Waals surface area contributed by atoms with E-state index in [0.717, 1.165) is 25.7 Å². The Hall–Kier alpha value is -0.800. The first-order valence-electron chi connectivity index (χ1n) is 5.80. The van der Waals surface area contributed by atoms with Crippen LogP contribution in [0.1, 0.15) is 31.4 Å². The summed E-state index contributed by atoms with van der Waals surface area (Å²) in [6.45, 7) is 4.51. The van der Waals surface area contributed by atoms with E-state index in [0.29, 0.717) is 0 Å². The van der Waals surface area contributed by atoms with E-state index in [2.05, 4.69) is 23.0 Å². The van der Waals surface area contributed by atoms with Crippen LogP contribution in [-0.2, 0) is 11.3 Å². The van der Waals surface area contributed by atoms with Gasteiger partial charge in [0.2, 0.25) is 0 Å². The van der Waals surface area contributed by atoms with Gasteiger partial charge in [0.15, 0.2) is 0 Å². The van der Waals surface area contributed by atoms with E-state index in [4.69, 9.17) is 10.5 Å². The van der Waals surface area contributed by atoms with E-state index >= 15 is 0 Å². The zero-order chi connectivity index (χ0) is 10.7. The third kappa shape index (κ3) is 2.83. The summed E-state index contributed by atoms with van der Waals surface area (Å²) in [5, 5.41) is 0. The van der Waals surface area contributed by atoms with Crippen LogP contribution in [0.15, 0.2) is 18.5 Å². The highest BCUT2D eigenvalue weighted by Gasteiger charge is 2.29. The molecule has 1 aliphatic carbocycles. The van der Waals surface area contributed by atoms with Crippen molar-refractivity contribution < 1.29 is 4.74 Å². The topological polar surface area (TPSA) is 40.2 Å². The number of hydrogen-bond acceptors (Lipinski definition) is 2. The lowest BCUT2D eigenvalue weighted by Crippen LogP contribution is -2.11. The lowest BCUT2D eigenvalue weighted by Gasteiger charge is -2.07. The van der Waals surface area contributed by atoms with Crippen LogP contribution < -0.4 is 5.73 Å². The minimum absolute atomic E-state index is 0.248. The van der Waals surface area contributed by atoms with Gasteiger partial charge in [0, 0.05) is 31.6 Å². The van der Waals surface area contributed by atoms with Gasteiger partial charge in [-0.3, -0.25) is 0 Å². The lowest BCUT2D eigenvalue weighted by atomic mass is 10.1. The standard InChI is InChI=1S/C12H20N2O/c1-2-15-8-7-14-6-5-11(9-14)12(13)10-3-4-10/h5-6,9-10,12H,2-4,7-8,13H2,1H3. The average molecular weight is 208 g/mol. The predicted octanol–water partition coefficient (Wildman–Crippen LogP) is 1.93. The molecule has 2 N–H and O–H groups in total. The van der Waals surface area contributed by atoms with Gasteiger partial charge < -0.3 is 15.0 Å². The fraction of sp³-hybridized carbons (Fsp3) is 0.667. The smallest absolute Gasteiger partial charge is 0.0645 e. The monoisotopic (exact) mass is 208 g/mol. The summed E-state index contributed by atoms with van der Waals surface area (Å²) in [5.74, 6) is 0.729. The van der Waals surface area contributed by atoms with Crippen molar-refractivity contribution in [1.29, 1.82) is 0 Å². The zero-order valence-electron chi connectivity index (χ0n) is 9.36. The molecule has 1 aliphatic rings. The Bertz CT molecular complexity index is 304. The highest BCUT2D eigenvalue weighted by molar-refractivity contribution is 5.17. The summed E-state index contributed by atoms with van der Waals surface area (Å²) in [6.07, 6.45) is 6.84. The number of nitrogens with two attached hydrogens (primary N) is 1. The molecule has 0 bridgehead atoms. The highest BCUT2D eigenvalue weighted by Crippen LogP contribution is 2.39. The van der Waals surface area contributed by atoms with Crippen molar-refractivity contribution in [2.75, 3.05) is 13.2 Å². The number of aromatic nitrogens is 1. The average Bonchev–Trinajstić information content (AvgIpc) is 2.98. The first-order valence-corrected chi connectivity index (χ1v) is 5.80. The molecule has 0 spiro atoms. The van der Waals surface area contributed by atoms with E-state index < -0.39 is 0 Å². The van der Waals surface area contributed by atoms with Gasteiger partial charge in [0.1, 0.15) is 0 Å². The van der Waals surface area contributed by atoms with Crippen LogP contribution in [0.25, 0.3) is 0 Å². The molecule has 1 heterocycles. The molecule has 1 atom stereocenters. The Morgan fingerprint density at radius 2 is 2.40 bits per heavy atom. The van der Waals surface area contributed by atoms with Crippen molar-refractivity contribution in [3.63, 3.8) is 0 Å². The van der Waals surface area contributed by atoms with Crippen LogP contribution in [0.4, 0.5) is 0 Å². The Morgan fingerprint density at radius 1 is 1.60 bits per heavy atom. The molecule has 0 aliphatic heterocycles. The Labute approximate surface area is 91.2 Å². The van der Waals surface area contributed by atoms with Gasteiger partial charge >= 0.3 is 0 Å². The third-order valence-electron chi connectivity index (χ3n) is 2.99. The van der Waals surface area contributed by atoms with Crippen molar-refractivity contribution in [2.45, 2.75) is 32.4 Å². The molecule has 1 fully saturated rings. The SMILES string of the molecule is CCOCCn1ccc(C(N)C2CC2)c1. The van der Waals surface area contributed by atoms with Crippen molar-refractivity contribution in [3.05, 3.63) is 24.0 Å². The van der Waals surface area contributed by atoms with Crippen molar-refractivity contribution in [2.24, 2.45) is 11.7 Å².